The van der Waals surface area contributed by atoms with Gasteiger partial charge in [0.25, 0.3) is 5.91 Å². The lowest BCUT2D eigenvalue weighted by Crippen LogP contribution is -2.41. The van der Waals surface area contributed by atoms with Crippen LogP contribution in [0.5, 0.6) is 5.75 Å². The molecule has 1 saturated carbocycles. The number of hydrogen-bond acceptors (Lipinski definition) is 6. The number of carbonyl (C=O) groups is 3. The van der Waals surface area contributed by atoms with Crippen molar-refractivity contribution in [1.82, 2.24) is 10.3 Å². The highest BCUT2D eigenvalue weighted by atomic mass is 16.5. The first-order valence-corrected chi connectivity index (χ1v) is 10.7. The molecular formula is C24H26N2O5. The Morgan fingerprint density at radius 1 is 1.16 bits per heavy atom. The lowest BCUT2D eigenvalue weighted by atomic mass is 10.0. The molecule has 0 radical (unpaired) electrons. The molecule has 162 valence electrons. The minimum absolute atomic E-state index is 0.0343. The molecule has 3 atom stereocenters. The van der Waals surface area contributed by atoms with Gasteiger partial charge in [-0.15, -0.1) is 0 Å². The van der Waals surface area contributed by atoms with E-state index in [2.05, 4.69) is 10.3 Å². The molecule has 1 amide bonds. The van der Waals surface area contributed by atoms with E-state index in [0.29, 0.717) is 18.8 Å². The molecule has 2 aliphatic carbocycles. The summed E-state index contributed by atoms with van der Waals surface area (Å²) in [5.41, 5.74) is 2.33. The fraction of sp³-hybridized carbons (Fsp3) is 0.417. The molecule has 0 aliphatic heterocycles. The van der Waals surface area contributed by atoms with Crippen LogP contribution in [-0.2, 0) is 20.7 Å². The van der Waals surface area contributed by atoms with Crippen molar-refractivity contribution in [2.45, 2.75) is 57.6 Å². The molecule has 2 unspecified atom stereocenters. The Kier molecular flexibility index (Phi) is 6.02. The standard InChI is InChI=1S/C24H26N2O5/c1-14-18-7-4-3-6-17(18)13-20(14)31-24(29)15(2)26-23(28)22-19(8-5-11-25-22)30-21(27)12-16-9-10-16/h3-8,11,14-16,20H,9-10,12-13H2,1-2H3,(H,26,28)/t14?,15-,20?/m0/s1. The van der Waals surface area contributed by atoms with E-state index in [9.17, 15) is 14.4 Å². The van der Waals surface area contributed by atoms with Gasteiger partial charge in [-0.25, -0.2) is 9.78 Å². The molecule has 1 aromatic carbocycles. The van der Waals surface area contributed by atoms with Crippen LogP contribution in [0.25, 0.3) is 0 Å². The topological polar surface area (TPSA) is 94.6 Å². The van der Waals surface area contributed by atoms with Crippen molar-refractivity contribution in [3.63, 3.8) is 0 Å². The number of nitrogens with zero attached hydrogens (tertiary/aromatic N) is 1. The zero-order valence-electron chi connectivity index (χ0n) is 17.7. The summed E-state index contributed by atoms with van der Waals surface area (Å²) in [7, 11) is 0. The summed E-state index contributed by atoms with van der Waals surface area (Å²) in [4.78, 5) is 41.4. The lowest BCUT2D eigenvalue weighted by Gasteiger charge is -2.20. The van der Waals surface area contributed by atoms with Gasteiger partial charge in [-0.1, -0.05) is 31.2 Å². The predicted octanol–water partition coefficient (Wildman–Crippen LogP) is 3.18. The number of fused-ring (bicyclic) bond motifs is 1. The van der Waals surface area contributed by atoms with Crippen LogP contribution in [0.2, 0.25) is 0 Å². The molecule has 2 aliphatic rings. The quantitative estimate of drug-likeness (QED) is 0.689. The Hall–Kier alpha value is -3.22. The number of aromatic nitrogens is 1. The van der Waals surface area contributed by atoms with Crippen LogP contribution in [-0.4, -0.2) is 35.0 Å². The number of rotatable bonds is 7. The Morgan fingerprint density at radius 3 is 2.68 bits per heavy atom. The first kappa shape index (κ1) is 21.0. The van der Waals surface area contributed by atoms with Gasteiger partial charge in [-0.3, -0.25) is 9.59 Å². The second kappa shape index (κ2) is 8.88. The van der Waals surface area contributed by atoms with E-state index >= 15 is 0 Å². The van der Waals surface area contributed by atoms with Gasteiger partial charge < -0.3 is 14.8 Å². The van der Waals surface area contributed by atoms with E-state index in [4.69, 9.17) is 9.47 Å². The molecule has 1 heterocycles. The highest BCUT2D eigenvalue weighted by molar-refractivity contribution is 5.97. The molecule has 31 heavy (non-hydrogen) atoms. The fourth-order valence-corrected chi connectivity index (χ4v) is 3.84. The maximum Gasteiger partial charge on any atom is 0.328 e. The molecule has 0 saturated heterocycles. The third-order valence-corrected chi connectivity index (χ3v) is 5.85. The van der Waals surface area contributed by atoms with E-state index in [-0.39, 0.29) is 29.4 Å². The molecule has 7 heteroatoms. The van der Waals surface area contributed by atoms with Crippen LogP contribution in [0.4, 0.5) is 0 Å². The summed E-state index contributed by atoms with van der Waals surface area (Å²) in [6, 6.07) is 10.3. The maximum absolute atomic E-state index is 12.7. The van der Waals surface area contributed by atoms with Crippen molar-refractivity contribution < 1.29 is 23.9 Å². The molecule has 4 rings (SSSR count). The van der Waals surface area contributed by atoms with Crippen LogP contribution in [0, 0.1) is 5.92 Å². The van der Waals surface area contributed by atoms with Gasteiger partial charge in [0.2, 0.25) is 0 Å². The van der Waals surface area contributed by atoms with E-state index in [1.54, 1.807) is 13.0 Å². The number of amides is 1. The van der Waals surface area contributed by atoms with E-state index < -0.39 is 17.9 Å². The molecule has 7 nitrogen and oxygen atoms in total. The lowest BCUT2D eigenvalue weighted by molar-refractivity contribution is -0.151. The van der Waals surface area contributed by atoms with Crippen molar-refractivity contribution in [3.05, 3.63) is 59.4 Å². The van der Waals surface area contributed by atoms with E-state index in [1.807, 2.05) is 31.2 Å². The van der Waals surface area contributed by atoms with Gasteiger partial charge in [0.1, 0.15) is 12.1 Å². The number of pyridine rings is 1. The van der Waals surface area contributed by atoms with E-state index in [0.717, 1.165) is 12.8 Å². The Bertz CT molecular complexity index is 1000. The third kappa shape index (κ3) is 4.93. The summed E-state index contributed by atoms with van der Waals surface area (Å²) in [6.45, 7) is 3.60. The average Bonchev–Trinajstić information content (AvgIpc) is 3.51. The minimum atomic E-state index is -0.875. The largest absolute Gasteiger partial charge is 0.460 e. The molecule has 2 aromatic rings. The number of carbonyl (C=O) groups excluding carboxylic acids is 3. The number of esters is 2. The van der Waals surface area contributed by atoms with Crippen LogP contribution >= 0.6 is 0 Å². The first-order chi connectivity index (χ1) is 14.9. The molecule has 1 aromatic heterocycles. The minimum Gasteiger partial charge on any atom is -0.460 e. The number of nitrogens with one attached hydrogen (secondary N) is 1. The van der Waals surface area contributed by atoms with Gasteiger partial charge in [0.15, 0.2) is 11.4 Å². The van der Waals surface area contributed by atoms with Gasteiger partial charge in [-0.05, 0) is 48.9 Å². The molecule has 0 spiro atoms. The van der Waals surface area contributed by atoms with Crippen LogP contribution < -0.4 is 10.1 Å². The van der Waals surface area contributed by atoms with Crippen molar-refractivity contribution in [3.8, 4) is 5.75 Å². The Balaban J connectivity index is 1.35. The Morgan fingerprint density at radius 2 is 1.94 bits per heavy atom. The van der Waals surface area contributed by atoms with Crippen molar-refractivity contribution in [2.75, 3.05) is 0 Å². The molecule has 0 bridgehead atoms. The normalized spacial score (nSPS) is 20.5. The smallest absolute Gasteiger partial charge is 0.328 e. The van der Waals surface area contributed by atoms with Crippen molar-refractivity contribution in [1.29, 1.82) is 0 Å². The summed E-state index contributed by atoms with van der Waals surface area (Å²) in [6.07, 6.45) is 4.22. The zero-order valence-corrected chi connectivity index (χ0v) is 17.7. The van der Waals surface area contributed by atoms with Crippen LogP contribution in [0.15, 0.2) is 42.6 Å². The molecule has 1 fully saturated rings. The maximum atomic E-state index is 12.7. The highest BCUT2D eigenvalue weighted by Crippen LogP contribution is 2.35. The van der Waals surface area contributed by atoms with Crippen molar-refractivity contribution >= 4 is 17.8 Å². The SMILES string of the molecule is CC1c2ccccc2CC1OC(=O)[C@H](C)NC(=O)c1ncccc1OC(=O)CC1CC1. The third-order valence-electron chi connectivity index (χ3n) is 5.85. The van der Waals surface area contributed by atoms with E-state index in [1.165, 1.54) is 23.4 Å². The summed E-state index contributed by atoms with van der Waals surface area (Å²) < 4.78 is 11.0. The monoisotopic (exact) mass is 422 g/mol. The van der Waals surface area contributed by atoms with Crippen molar-refractivity contribution in [2.24, 2.45) is 5.92 Å². The van der Waals surface area contributed by atoms with Gasteiger partial charge in [0, 0.05) is 25.0 Å². The number of hydrogen-bond donors (Lipinski definition) is 1. The summed E-state index contributed by atoms with van der Waals surface area (Å²) >= 11 is 0. The number of ether oxygens (including phenoxy) is 2. The van der Waals surface area contributed by atoms with Gasteiger partial charge in [0.05, 0.1) is 0 Å². The van der Waals surface area contributed by atoms with Crippen LogP contribution in [0.3, 0.4) is 0 Å². The van der Waals surface area contributed by atoms with Crippen LogP contribution in [0.1, 0.15) is 60.6 Å². The highest BCUT2D eigenvalue weighted by Gasteiger charge is 2.33. The molecule has 1 N–H and O–H groups in total. The Labute approximate surface area is 181 Å². The average molecular weight is 422 g/mol. The molecular weight excluding hydrogens is 396 g/mol. The van der Waals surface area contributed by atoms with Gasteiger partial charge in [-0.2, -0.15) is 0 Å². The summed E-state index contributed by atoms with van der Waals surface area (Å²) in [5.74, 6) is -0.933. The zero-order chi connectivity index (χ0) is 22.0. The summed E-state index contributed by atoms with van der Waals surface area (Å²) in [5, 5.41) is 2.61. The second-order valence-corrected chi connectivity index (χ2v) is 8.33. The number of benzene rings is 1. The second-order valence-electron chi connectivity index (χ2n) is 8.33. The first-order valence-electron chi connectivity index (χ1n) is 10.7. The fourth-order valence-electron chi connectivity index (χ4n) is 3.84. The predicted molar refractivity (Wildman–Crippen MR) is 113 cm³/mol. The van der Waals surface area contributed by atoms with Gasteiger partial charge >= 0.3 is 11.9 Å².